The number of rotatable bonds is 47. The lowest BCUT2D eigenvalue weighted by atomic mass is 10.1. The van der Waals surface area contributed by atoms with Crippen LogP contribution >= 0.6 is 0 Å². The summed E-state index contributed by atoms with van der Waals surface area (Å²) in [6.07, 6.45) is 10.7. The third-order valence-electron chi connectivity index (χ3n) is 7.88. The molecule has 344 valence electrons. The Morgan fingerprint density at radius 2 is 0.793 bits per heavy atom. The van der Waals surface area contributed by atoms with Gasteiger partial charge in [0.1, 0.15) is 6.61 Å². The van der Waals surface area contributed by atoms with Crippen LogP contribution in [0.3, 0.4) is 0 Å². The van der Waals surface area contributed by atoms with Gasteiger partial charge in [0, 0.05) is 13.0 Å². The molecule has 0 aliphatic carbocycles. The SMILES string of the molecule is CCCCCCCCCCCC(=O)NCCOCCOCCOCCOCCOCCOCCOCCOCCOCCOCCOC(=O)C(CC(=O)O)S(=O)(=O)O. The lowest BCUT2D eigenvalue weighted by molar-refractivity contribution is -0.148. The second-order valence-corrected chi connectivity index (χ2v) is 14.4. The number of ether oxygens (including phenoxy) is 11. The van der Waals surface area contributed by atoms with Gasteiger partial charge in [-0.15, -0.1) is 0 Å². The van der Waals surface area contributed by atoms with Crippen LogP contribution in [0.25, 0.3) is 0 Å². The highest BCUT2D eigenvalue weighted by molar-refractivity contribution is 7.87. The fourth-order valence-corrected chi connectivity index (χ4v) is 5.46. The lowest BCUT2D eigenvalue weighted by Crippen LogP contribution is -2.34. The Labute approximate surface area is 345 Å². The van der Waals surface area contributed by atoms with E-state index in [9.17, 15) is 22.8 Å². The van der Waals surface area contributed by atoms with Crippen molar-refractivity contribution in [3.05, 3.63) is 0 Å². The van der Waals surface area contributed by atoms with Crippen LogP contribution in [0.5, 0.6) is 0 Å². The minimum absolute atomic E-state index is 0.0709. The molecular formula is C38H73NO18S. The zero-order valence-corrected chi connectivity index (χ0v) is 35.6. The second-order valence-electron chi connectivity index (χ2n) is 12.8. The van der Waals surface area contributed by atoms with Gasteiger partial charge in [-0.25, -0.2) is 0 Å². The third kappa shape index (κ3) is 42.1. The van der Waals surface area contributed by atoms with E-state index in [0.717, 1.165) is 12.8 Å². The van der Waals surface area contributed by atoms with E-state index in [-0.39, 0.29) is 32.3 Å². The number of carboxylic acid groups (broad SMARTS) is 1. The van der Waals surface area contributed by atoms with E-state index in [0.29, 0.717) is 125 Å². The number of aliphatic carboxylic acids is 1. The van der Waals surface area contributed by atoms with Crippen LogP contribution in [0.2, 0.25) is 0 Å². The van der Waals surface area contributed by atoms with Crippen molar-refractivity contribution in [2.24, 2.45) is 0 Å². The summed E-state index contributed by atoms with van der Waals surface area (Å²) in [6.45, 7) is 10.2. The predicted octanol–water partition coefficient (Wildman–Crippen LogP) is 2.46. The molecule has 0 spiro atoms. The summed E-state index contributed by atoms with van der Waals surface area (Å²) >= 11 is 0. The van der Waals surface area contributed by atoms with Crippen LogP contribution in [0.1, 0.15) is 77.6 Å². The Hall–Kier alpha value is -2.08. The Morgan fingerprint density at radius 3 is 1.12 bits per heavy atom. The van der Waals surface area contributed by atoms with Crippen LogP contribution in [0.4, 0.5) is 0 Å². The van der Waals surface area contributed by atoms with Gasteiger partial charge >= 0.3 is 11.9 Å². The molecule has 0 aromatic carbocycles. The quantitative estimate of drug-likeness (QED) is 0.0452. The summed E-state index contributed by atoms with van der Waals surface area (Å²) in [7, 11) is -4.91. The first-order valence-electron chi connectivity index (χ1n) is 20.6. The number of unbranched alkanes of at least 4 members (excludes halogenated alkanes) is 8. The zero-order valence-electron chi connectivity index (χ0n) is 34.7. The molecule has 0 fully saturated rings. The molecular weight excluding hydrogens is 790 g/mol. The molecule has 1 amide bonds. The van der Waals surface area contributed by atoms with Crippen LogP contribution < -0.4 is 5.32 Å². The molecule has 0 saturated carbocycles. The van der Waals surface area contributed by atoms with E-state index in [4.69, 9.17) is 57.0 Å². The summed E-state index contributed by atoms with van der Waals surface area (Å²) in [5.74, 6) is -2.84. The number of carboxylic acids is 1. The largest absolute Gasteiger partial charge is 0.481 e. The van der Waals surface area contributed by atoms with Crippen molar-refractivity contribution in [2.45, 2.75) is 82.8 Å². The average molecular weight is 864 g/mol. The fourth-order valence-electron chi connectivity index (χ4n) is 4.79. The summed E-state index contributed by atoms with van der Waals surface area (Å²) in [5, 5.41) is 9.37. The van der Waals surface area contributed by atoms with Crippen molar-refractivity contribution >= 4 is 28.0 Å². The molecule has 19 nitrogen and oxygen atoms in total. The maximum absolute atomic E-state index is 11.9. The number of nitrogens with one attached hydrogen (secondary N) is 1. The molecule has 1 unspecified atom stereocenters. The van der Waals surface area contributed by atoms with E-state index in [1.807, 2.05) is 0 Å². The molecule has 0 aromatic rings. The normalized spacial score (nSPS) is 12.2. The van der Waals surface area contributed by atoms with Crippen LogP contribution in [0, 0.1) is 0 Å². The number of hydrogen-bond donors (Lipinski definition) is 3. The molecule has 0 saturated heterocycles. The van der Waals surface area contributed by atoms with Crippen molar-refractivity contribution in [2.75, 3.05) is 145 Å². The maximum Gasteiger partial charge on any atom is 0.327 e. The summed E-state index contributed by atoms with van der Waals surface area (Å²) in [4.78, 5) is 34.2. The highest BCUT2D eigenvalue weighted by Crippen LogP contribution is 2.10. The van der Waals surface area contributed by atoms with Gasteiger partial charge in [-0.05, 0) is 6.42 Å². The first-order valence-corrected chi connectivity index (χ1v) is 22.1. The summed E-state index contributed by atoms with van der Waals surface area (Å²) in [5.41, 5.74) is 0. The molecule has 3 N–H and O–H groups in total. The molecule has 0 bridgehead atoms. The van der Waals surface area contributed by atoms with Gasteiger partial charge < -0.3 is 62.5 Å². The molecule has 0 heterocycles. The first kappa shape index (κ1) is 55.9. The number of esters is 1. The molecule has 1 atom stereocenters. The smallest absolute Gasteiger partial charge is 0.327 e. The van der Waals surface area contributed by atoms with Crippen molar-refractivity contribution in [1.82, 2.24) is 5.32 Å². The Balaban J connectivity index is 3.24. The van der Waals surface area contributed by atoms with Crippen LogP contribution in [-0.4, -0.2) is 186 Å². The topological polar surface area (TPSA) is 239 Å². The highest BCUT2D eigenvalue weighted by atomic mass is 32.2. The molecule has 58 heavy (non-hydrogen) atoms. The Morgan fingerprint density at radius 1 is 0.483 bits per heavy atom. The molecule has 0 aliphatic rings. The third-order valence-corrected chi connectivity index (χ3v) is 8.96. The summed E-state index contributed by atoms with van der Waals surface area (Å²) < 4.78 is 90.1. The van der Waals surface area contributed by atoms with Gasteiger partial charge in [0.2, 0.25) is 5.91 Å². The monoisotopic (exact) mass is 863 g/mol. The minimum Gasteiger partial charge on any atom is -0.481 e. The van der Waals surface area contributed by atoms with Crippen molar-refractivity contribution in [3.8, 4) is 0 Å². The van der Waals surface area contributed by atoms with Crippen LogP contribution in [-0.2, 0) is 76.6 Å². The van der Waals surface area contributed by atoms with Gasteiger partial charge in [-0.1, -0.05) is 58.3 Å². The Bertz CT molecular complexity index is 1050. The van der Waals surface area contributed by atoms with Gasteiger partial charge in [0.05, 0.1) is 139 Å². The standard InChI is InChI=1S/C38H73NO18S/c1-2-3-4-5-6-7-8-9-10-11-36(40)39-12-13-47-14-15-48-16-17-49-18-19-50-20-21-51-22-23-52-24-25-53-26-27-54-28-29-55-30-31-56-32-33-57-38(43)35(34-37(41)42)58(44,45)46/h35H,2-34H2,1H3,(H,39,40)(H,41,42)(H,44,45,46). The van der Waals surface area contributed by atoms with E-state index in [1.165, 1.54) is 44.9 Å². The molecule has 0 radical (unpaired) electrons. The second kappa shape index (κ2) is 43.0. The molecule has 0 aliphatic heterocycles. The maximum atomic E-state index is 11.9. The number of hydrogen-bond acceptors (Lipinski definition) is 16. The number of amides is 1. The van der Waals surface area contributed by atoms with Gasteiger partial charge in [-0.2, -0.15) is 8.42 Å². The highest BCUT2D eigenvalue weighted by Gasteiger charge is 2.34. The van der Waals surface area contributed by atoms with Crippen LogP contribution in [0.15, 0.2) is 0 Å². The predicted molar refractivity (Wildman–Crippen MR) is 212 cm³/mol. The summed E-state index contributed by atoms with van der Waals surface area (Å²) in [6, 6.07) is 0. The number of carbonyl (C=O) groups is 3. The number of carbonyl (C=O) groups excluding carboxylic acids is 2. The molecule has 0 rings (SSSR count). The van der Waals surface area contributed by atoms with Gasteiger partial charge in [-0.3, -0.25) is 18.9 Å². The van der Waals surface area contributed by atoms with Crippen molar-refractivity contribution in [3.63, 3.8) is 0 Å². The van der Waals surface area contributed by atoms with Crippen molar-refractivity contribution < 1.29 is 84.6 Å². The Kier molecular flexibility index (Phi) is 41.5. The average Bonchev–Trinajstić information content (AvgIpc) is 3.18. The molecule has 20 heteroatoms. The minimum atomic E-state index is -4.91. The van der Waals surface area contributed by atoms with E-state index < -0.39 is 33.7 Å². The van der Waals surface area contributed by atoms with Gasteiger partial charge in [0.25, 0.3) is 10.1 Å². The van der Waals surface area contributed by atoms with E-state index in [2.05, 4.69) is 17.0 Å². The van der Waals surface area contributed by atoms with Crippen molar-refractivity contribution in [1.29, 1.82) is 0 Å². The van der Waals surface area contributed by atoms with Gasteiger partial charge in [0.15, 0.2) is 5.25 Å². The molecule has 0 aromatic heterocycles. The lowest BCUT2D eigenvalue weighted by Gasteiger charge is -2.11. The van der Waals surface area contributed by atoms with E-state index in [1.54, 1.807) is 0 Å². The fraction of sp³-hybridized carbons (Fsp3) is 0.921. The zero-order chi connectivity index (χ0) is 42.6. The first-order chi connectivity index (χ1) is 28.2. The van der Waals surface area contributed by atoms with E-state index >= 15 is 0 Å².